The van der Waals surface area contributed by atoms with E-state index >= 15 is 0 Å². The van der Waals surface area contributed by atoms with E-state index in [2.05, 4.69) is 5.32 Å². The van der Waals surface area contributed by atoms with E-state index in [0.29, 0.717) is 31.5 Å². The third-order valence-corrected chi connectivity index (χ3v) is 7.72. The highest BCUT2D eigenvalue weighted by atomic mass is 19.1. The van der Waals surface area contributed by atoms with E-state index in [-0.39, 0.29) is 35.9 Å². The fourth-order valence-electron chi connectivity index (χ4n) is 5.51. The van der Waals surface area contributed by atoms with Crippen molar-refractivity contribution in [3.63, 3.8) is 0 Å². The number of amides is 3. The van der Waals surface area contributed by atoms with Crippen molar-refractivity contribution in [3.8, 4) is 0 Å². The summed E-state index contributed by atoms with van der Waals surface area (Å²) >= 11 is 0. The van der Waals surface area contributed by atoms with E-state index in [9.17, 15) is 18.8 Å². The first kappa shape index (κ1) is 26.6. The molecule has 0 unspecified atom stereocenters. The summed E-state index contributed by atoms with van der Waals surface area (Å²) in [5, 5.41) is 3.05. The summed E-state index contributed by atoms with van der Waals surface area (Å²) in [5.74, 6) is -1.31. The van der Waals surface area contributed by atoms with Gasteiger partial charge in [0.25, 0.3) is 11.8 Å². The summed E-state index contributed by atoms with van der Waals surface area (Å²) in [6.45, 7) is 4.44. The Morgan fingerprint density at radius 1 is 0.949 bits per heavy atom. The van der Waals surface area contributed by atoms with Crippen molar-refractivity contribution in [2.75, 3.05) is 19.7 Å². The van der Waals surface area contributed by atoms with E-state index in [0.717, 1.165) is 11.1 Å². The van der Waals surface area contributed by atoms with Crippen molar-refractivity contribution in [1.82, 2.24) is 15.1 Å². The summed E-state index contributed by atoms with van der Waals surface area (Å²) in [7, 11) is 0. The SMILES string of the molecule is Cc1ccccc1C(=O)N1[C@H](C(=O)N[C@H](C)c2ccccc2)COC12CCN(C(=O)c1cccc(F)c1)CC2. The molecule has 7 nitrogen and oxygen atoms in total. The van der Waals surface area contributed by atoms with Crippen molar-refractivity contribution in [1.29, 1.82) is 0 Å². The van der Waals surface area contributed by atoms with E-state index in [1.54, 1.807) is 28.0 Å². The molecule has 39 heavy (non-hydrogen) atoms. The highest BCUT2D eigenvalue weighted by molar-refractivity contribution is 5.99. The molecule has 1 spiro atoms. The zero-order valence-electron chi connectivity index (χ0n) is 22.1. The van der Waals surface area contributed by atoms with Gasteiger partial charge in [0.05, 0.1) is 12.6 Å². The summed E-state index contributed by atoms with van der Waals surface area (Å²) in [4.78, 5) is 43.9. The molecule has 3 aromatic carbocycles. The molecule has 8 heteroatoms. The number of ether oxygens (including phenoxy) is 1. The molecule has 5 rings (SSSR count). The second-order valence-corrected chi connectivity index (χ2v) is 10.2. The molecule has 202 valence electrons. The normalized spacial score (nSPS) is 19.1. The van der Waals surface area contributed by atoms with Crippen LogP contribution in [0.2, 0.25) is 0 Å². The van der Waals surface area contributed by atoms with Crippen LogP contribution in [0.4, 0.5) is 4.39 Å². The minimum Gasteiger partial charge on any atom is -0.353 e. The Morgan fingerprint density at radius 3 is 2.33 bits per heavy atom. The predicted molar refractivity (Wildman–Crippen MR) is 144 cm³/mol. The number of nitrogens with one attached hydrogen (secondary N) is 1. The molecule has 3 aromatic rings. The number of halogens is 1. The van der Waals surface area contributed by atoms with Gasteiger partial charge in [-0.05, 0) is 49.2 Å². The number of rotatable bonds is 5. The van der Waals surface area contributed by atoms with Gasteiger partial charge in [-0.25, -0.2) is 4.39 Å². The molecule has 2 fully saturated rings. The quantitative estimate of drug-likeness (QED) is 0.529. The first-order valence-corrected chi connectivity index (χ1v) is 13.2. The van der Waals surface area contributed by atoms with Crippen molar-refractivity contribution >= 4 is 17.7 Å². The van der Waals surface area contributed by atoms with Gasteiger partial charge in [-0.1, -0.05) is 54.6 Å². The van der Waals surface area contributed by atoms with Crippen LogP contribution < -0.4 is 5.32 Å². The van der Waals surface area contributed by atoms with Gasteiger partial charge in [0.1, 0.15) is 17.6 Å². The van der Waals surface area contributed by atoms with Crippen molar-refractivity contribution in [2.24, 2.45) is 0 Å². The van der Waals surface area contributed by atoms with Crippen molar-refractivity contribution < 1.29 is 23.5 Å². The second kappa shape index (κ2) is 11.0. The zero-order chi connectivity index (χ0) is 27.6. The average Bonchev–Trinajstić information content (AvgIpc) is 3.32. The van der Waals surface area contributed by atoms with Crippen LogP contribution in [0.5, 0.6) is 0 Å². The standard InChI is InChI=1S/C31H32FN3O4/c1-21-9-6-7-14-26(21)30(38)35-27(28(36)33-22(2)23-10-4-3-5-11-23)20-39-31(35)15-17-34(18-16-31)29(37)24-12-8-13-25(32)19-24/h3-14,19,22,27H,15-18,20H2,1-2H3,(H,33,36)/t22-,27+/m1/s1. The average molecular weight is 530 g/mol. The fourth-order valence-corrected chi connectivity index (χ4v) is 5.51. The predicted octanol–water partition coefficient (Wildman–Crippen LogP) is 4.49. The molecule has 0 radical (unpaired) electrons. The number of piperidine rings is 1. The molecule has 3 amide bonds. The first-order valence-electron chi connectivity index (χ1n) is 13.2. The van der Waals surface area contributed by atoms with E-state index in [1.165, 1.54) is 18.2 Å². The molecule has 0 saturated carbocycles. The topological polar surface area (TPSA) is 79.0 Å². The monoisotopic (exact) mass is 529 g/mol. The van der Waals surface area contributed by atoms with Crippen LogP contribution in [0.1, 0.15) is 57.7 Å². The number of likely N-dealkylation sites (tertiary alicyclic amines) is 1. The first-order chi connectivity index (χ1) is 18.8. The number of aryl methyl sites for hydroxylation is 1. The lowest BCUT2D eigenvalue weighted by Crippen LogP contribution is -2.60. The van der Waals surface area contributed by atoms with Gasteiger partial charge < -0.3 is 15.0 Å². The van der Waals surface area contributed by atoms with E-state index in [4.69, 9.17) is 4.74 Å². The van der Waals surface area contributed by atoms with Gasteiger partial charge in [-0.2, -0.15) is 0 Å². The Bertz CT molecular complexity index is 1370. The van der Waals surface area contributed by atoms with Gasteiger partial charge in [0.15, 0.2) is 0 Å². The number of hydrogen-bond acceptors (Lipinski definition) is 4. The lowest BCUT2D eigenvalue weighted by Gasteiger charge is -2.44. The molecule has 1 N–H and O–H groups in total. The van der Waals surface area contributed by atoms with E-state index < -0.39 is 17.6 Å². The van der Waals surface area contributed by atoms with Crippen LogP contribution in [0, 0.1) is 12.7 Å². The number of benzene rings is 3. The highest BCUT2D eigenvalue weighted by Gasteiger charge is 2.54. The van der Waals surface area contributed by atoms with E-state index in [1.807, 2.05) is 56.3 Å². The lowest BCUT2D eigenvalue weighted by atomic mass is 9.95. The molecule has 0 aromatic heterocycles. The van der Waals surface area contributed by atoms with Crippen molar-refractivity contribution in [3.05, 3.63) is 107 Å². The van der Waals surface area contributed by atoms with Gasteiger partial charge in [-0.3, -0.25) is 19.3 Å². The molecule has 2 heterocycles. The maximum absolute atomic E-state index is 14.0. The molecular formula is C31H32FN3O4. The number of carbonyl (C=O) groups excluding carboxylic acids is 3. The maximum Gasteiger partial charge on any atom is 0.257 e. The minimum atomic E-state index is -1.03. The van der Waals surface area contributed by atoms with Crippen LogP contribution in [-0.2, 0) is 9.53 Å². The van der Waals surface area contributed by atoms with Gasteiger partial charge in [-0.15, -0.1) is 0 Å². The van der Waals surface area contributed by atoms with Crippen molar-refractivity contribution in [2.45, 2.75) is 44.5 Å². The number of hydrogen-bond donors (Lipinski definition) is 1. The maximum atomic E-state index is 14.0. The van der Waals surface area contributed by atoms with Crippen LogP contribution in [-0.4, -0.2) is 59.0 Å². The highest BCUT2D eigenvalue weighted by Crippen LogP contribution is 2.39. The molecular weight excluding hydrogens is 497 g/mol. The Labute approximate surface area is 227 Å². The van der Waals surface area contributed by atoms with Crippen LogP contribution in [0.15, 0.2) is 78.9 Å². The van der Waals surface area contributed by atoms with Crippen LogP contribution in [0.3, 0.4) is 0 Å². The summed E-state index contributed by atoms with van der Waals surface area (Å²) in [6.07, 6.45) is 0.674. The van der Waals surface area contributed by atoms with Gasteiger partial charge >= 0.3 is 0 Å². The largest absolute Gasteiger partial charge is 0.353 e. The number of carbonyl (C=O) groups is 3. The molecule has 2 aliphatic heterocycles. The zero-order valence-corrected chi connectivity index (χ0v) is 22.1. The Hall–Kier alpha value is -4.04. The second-order valence-electron chi connectivity index (χ2n) is 10.2. The third-order valence-electron chi connectivity index (χ3n) is 7.72. The summed E-state index contributed by atoms with van der Waals surface area (Å²) in [6, 6.07) is 21.5. The Kier molecular flexibility index (Phi) is 7.48. The molecule has 0 aliphatic carbocycles. The summed E-state index contributed by atoms with van der Waals surface area (Å²) in [5.41, 5.74) is 1.52. The Morgan fingerprint density at radius 2 is 1.64 bits per heavy atom. The van der Waals surface area contributed by atoms with Gasteiger partial charge in [0.2, 0.25) is 5.91 Å². The molecule has 0 bridgehead atoms. The summed E-state index contributed by atoms with van der Waals surface area (Å²) < 4.78 is 20.0. The Balaban J connectivity index is 1.39. The van der Waals surface area contributed by atoms with Gasteiger partial charge in [0, 0.05) is 37.1 Å². The molecule has 2 saturated heterocycles. The number of nitrogens with zero attached hydrogens (tertiary/aromatic N) is 2. The molecule has 2 aliphatic rings. The fraction of sp³-hybridized carbons (Fsp3) is 0.323. The van der Waals surface area contributed by atoms with Crippen LogP contribution in [0.25, 0.3) is 0 Å². The smallest absolute Gasteiger partial charge is 0.257 e. The van der Waals surface area contributed by atoms with Crippen LogP contribution >= 0.6 is 0 Å². The molecule has 2 atom stereocenters. The lowest BCUT2D eigenvalue weighted by molar-refractivity contribution is -0.128. The third kappa shape index (κ3) is 5.29. The minimum absolute atomic E-state index is 0.0583.